The minimum absolute atomic E-state index is 0.690. The Hall–Kier alpha value is -0.580. The molecule has 0 atom stereocenters. The Balaban J connectivity index is 1.53. The number of nitrogens with one attached hydrogen (secondary N) is 1. The van der Waals surface area contributed by atoms with Crippen molar-refractivity contribution in [3.8, 4) is 0 Å². The van der Waals surface area contributed by atoms with Crippen LogP contribution >= 0.6 is 24.1 Å². The molecule has 0 bridgehead atoms. The first-order valence-electron chi connectivity index (χ1n) is 6.59. The highest BCUT2D eigenvalue weighted by Crippen LogP contribution is 2.36. The molecule has 18 heavy (non-hydrogen) atoms. The van der Waals surface area contributed by atoms with Gasteiger partial charge in [0.15, 0.2) is 0 Å². The SMILES string of the molecule is C1=CN(SNC2CCCCC2)Sc2ccccc21. The Morgan fingerprint density at radius 2 is 2.00 bits per heavy atom. The Labute approximate surface area is 118 Å². The molecule has 1 N–H and O–H groups in total. The van der Waals surface area contributed by atoms with Crippen LogP contribution < -0.4 is 4.72 Å². The van der Waals surface area contributed by atoms with Gasteiger partial charge in [0.25, 0.3) is 0 Å². The molecule has 1 aliphatic carbocycles. The molecular weight excluding hydrogens is 260 g/mol. The van der Waals surface area contributed by atoms with Crippen LogP contribution in [0, 0.1) is 0 Å². The molecule has 2 aliphatic rings. The maximum atomic E-state index is 3.59. The van der Waals surface area contributed by atoms with E-state index in [0.717, 1.165) is 0 Å². The maximum absolute atomic E-state index is 3.59. The molecule has 1 aromatic rings. The Morgan fingerprint density at radius 3 is 2.89 bits per heavy atom. The highest BCUT2D eigenvalue weighted by molar-refractivity contribution is 8.11. The summed E-state index contributed by atoms with van der Waals surface area (Å²) < 4.78 is 5.80. The van der Waals surface area contributed by atoms with Crippen LogP contribution in [0.25, 0.3) is 6.08 Å². The molecule has 0 radical (unpaired) electrons. The fourth-order valence-electron chi connectivity index (χ4n) is 2.37. The third-order valence-electron chi connectivity index (χ3n) is 3.40. The van der Waals surface area contributed by atoms with Gasteiger partial charge in [-0.25, -0.2) is 8.43 Å². The first-order chi connectivity index (χ1) is 8.92. The zero-order valence-corrected chi connectivity index (χ0v) is 12.0. The third kappa shape index (κ3) is 3.05. The number of hydrogen-bond donors (Lipinski definition) is 1. The summed E-state index contributed by atoms with van der Waals surface area (Å²) in [7, 11) is 0. The fourth-order valence-corrected chi connectivity index (χ4v) is 4.19. The highest BCUT2D eigenvalue weighted by Gasteiger charge is 2.16. The van der Waals surface area contributed by atoms with E-state index in [2.05, 4.69) is 45.0 Å². The number of nitrogens with zero attached hydrogens (tertiary/aromatic N) is 1. The van der Waals surface area contributed by atoms with Crippen molar-refractivity contribution in [2.75, 3.05) is 0 Å². The second-order valence-electron chi connectivity index (χ2n) is 4.77. The van der Waals surface area contributed by atoms with E-state index in [1.807, 2.05) is 0 Å². The van der Waals surface area contributed by atoms with E-state index in [-0.39, 0.29) is 0 Å². The number of rotatable bonds is 3. The molecule has 1 saturated carbocycles. The standard InChI is InChI=1S/C14H18N2S2/c1-2-7-13(8-3-1)15-18-16-11-10-12-6-4-5-9-14(12)17-16/h4-6,9-11,13,15H,1-3,7-8H2. The minimum atomic E-state index is 0.690. The summed E-state index contributed by atoms with van der Waals surface area (Å²) in [5.74, 6) is 0. The molecule has 1 heterocycles. The molecule has 0 saturated heterocycles. The Morgan fingerprint density at radius 1 is 1.17 bits per heavy atom. The van der Waals surface area contributed by atoms with Crippen molar-refractivity contribution in [1.29, 1.82) is 0 Å². The van der Waals surface area contributed by atoms with Crippen molar-refractivity contribution in [2.24, 2.45) is 0 Å². The smallest absolute Gasteiger partial charge is 0.0483 e. The van der Waals surface area contributed by atoms with Crippen molar-refractivity contribution in [3.63, 3.8) is 0 Å². The molecule has 4 heteroatoms. The van der Waals surface area contributed by atoms with Crippen LogP contribution in [-0.2, 0) is 0 Å². The zero-order valence-electron chi connectivity index (χ0n) is 10.3. The van der Waals surface area contributed by atoms with E-state index in [0.29, 0.717) is 6.04 Å². The predicted molar refractivity (Wildman–Crippen MR) is 80.8 cm³/mol. The van der Waals surface area contributed by atoms with Crippen LogP contribution in [0.3, 0.4) is 0 Å². The quantitative estimate of drug-likeness (QED) is 0.820. The molecule has 2 nitrogen and oxygen atoms in total. The lowest BCUT2D eigenvalue weighted by Crippen LogP contribution is -2.27. The second kappa shape index (κ2) is 6.04. The maximum Gasteiger partial charge on any atom is 0.0483 e. The lowest BCUT2D eigenvalue weighted by Gasteiger charge is -2.27. The average Bonchev–Trinajstić information content (AvgIpc) is 2.46. The van der Waals surface area contributed by atoms with Gasteiger partial charge in [-0.1, -0.05) is 37.5 Å². The average molecular weight is 278 g/mol. The number of hydrogen-bond acceptors (Lipinski definition) is 4. The van der Waals surface area contributed by atoms with Crippen LogP contribution in [-0.4, -0.2) is 9.75 Å². The van der Waals surface area contributed by atoms with Crippen molar-refractivity contribution in [3.05, 3.63) is 36.0 Å². The van der Waals surface area contributed by atoms with Crippen LogP contribution in [0.2, 0.25) is 0 Å². The van der Waals surface area contributed by atoms with Crippen LogP contribution in [0.15, 0.2) is 35.4 Å². The second-order valence-corrected chi connectivity index (χ2v) is 6.83. The summed E-state index contributed by atoms with van der Waals surface area (Å²) in [4.78, 5) is 1.33. The largest absolute Gasteiger partial charge is 0.248 e. The predicted octanol–water partition coefficient (Wildman–Crippen LogP) is 4.47. The monoisotopic (exact) mass is 278 g/mol. The van der Waals surface area contributed by atoms with Crippen LogP contribution in [0.4, 0.5) is 0 Å². The van der Waals surface area contributed by atoms with Gasteiger partial charge in [0.05, 0.1) is 0 Å². The van der Waals surface area contributed by atoms with Gasteiger partial charge in [-0.05, 0) is 42.5 Å². The molecule has 0 amide bonds. The van der Waals surface area contributed by atoms with Crippen molar-refractivity contribution >= 4 is 30.2 Å². The van der Waals surface area contributed by atoms with Gasteiger partial charge in [-0.15, -0.1) is 0 Å². The summed E-state index contributed by atoms with van der Waals surface area (Å²) in [6.45, 7) is 0. The summed E-state index contributed by atoms with van der Waals surface area (Å²) in [5.41, 5.74) is 1.32. The van der Waals surface area contributed by atoms with Crippen LogP contribution in [0.1, 0.15) is 37.7 Å². The number of fused-ring (bicyclic) bond motifs is 1. The molecule has 0 aromatic heterocycles. The Bertz CT molecular complexity index is 428. The third-order valence-corrected chi connectivity index (χ3v) is 5.46. The molecule has 0 unspecified atom stereocenters. The van der Waals surface area contributed by atoms with E-state index in [4.69, 9.17) is 0 Å². The lowest BCUT2D eigenvalue weighted by atomic mass is 9.96. The van der Waals surface area contributed by atoms with E-state index in [9.17, 15) is 0 Å². The van der Waals surface area contributed by atoms with Gasteiger partial charge >= 0.3 is 0 Å². The highest BCUT2D eigenvalue weighted by atomic mass is 32.2. The first-order valence-corrected chi connectivity index (χ1v) is 8.13. The van der Waals surface area contributed by atoms with Crippen molar-refractivity contribution < 1.29 is 0 Å². The number of benzene rings is 1. The van der Waals surface area contributed by atoms with Gasteiger partial charge < -0.3 is 0 Å². The molecule has 1 aliphatic heterocycles. The zero-order chi connectivity index (χ0) is 12.2. The summed E-state index contributed by atoms with van der Waals surface area (Å²) in [5, 5.41) is 0. The molecule has 0 spiro atoms. The molecule has 96 valence electrons. The topological polar surface area (TPSA) is 15.3 Å². The van der Waals surface area contributed by atoms with Gasteiger partial charge in [0.1, 0.15) is 0 Å². The van der Waals surface area contributed by atoms with Crippen molar-refractivity contribution in [1.82, 2.24) is 8.43 Å². The summed E-state index contributed by atoms with van der Waals surface area (Å²) in [6.07, 6.45) is 11.1. The first kappa shape index (κ1) is 12.5. The van der Waals surface area contributed by atoms with Gasteiger partial charge in [0.2, 0.25) is 0 Å². The normalized spacial score (nSPS) is 19.9. The van der Waals surface area contributed by atoms with E-state index in [1.54, 1.807) is 24.1 Å². The van der Waals surface area contributed by atoms with Gasteiger partial charge in [0, 0.05) is 29.3 Å². The lowest BCUT2D eigenvalue weighted by molar-refractivity contribution is 0.422. The summed E-state index contributed by atoms with van der Waals surface area (Å²) in [6, 6.07) is 9.22. The molecule has 3 rings (SSSR count). The summed E-state index contributed by atoms with van der Waals surface area (Å²) >= 11 is 3.52. The van der Waals surface area contributed by atoms with E-state index >= 15 is 0 Å². The van der Waals surface area contributed by atoms with E-state index < -0.39 is 0 Å². The van der Waals surface area contributed by atoms with Gasteiger partial charge in [-0.2, -0.15) is 0 Å². The Kier molecular flexibility index (Phi) is 4.18. The van der Waals surface area contributed by atoms with E-state index in [1.165, 1.54) is 42.6 Å². The van der Waals surface area contributed by atoms with Crippen LogP contribution in [0.5, 0.6) is 0 Å². The molecule has 1 fully saturated rings. The molecular formula is C14H18N2S2. The van der Waals surface area contributed by atoms with Crippen molar-refractivity contribution in [2.45, 2.75) is 43.0 Å². The molecule has 1 aromatic carbocycles. The minimum Gasteiger partial charge on any atom is -0.248 e. The van der Waals surface area contributed by atoms with Gasteiger partial charge in [-0.3, -0.25) is 0 Å². The fraction of sp³-hybridized carbons (Fsp3) is 0.429.